The molecule has 1 aromatic rings. The number of aliphatic imine (C=N–C) groups is 1. The van der Waals surface area contributed by atoms with Gasteiger partial charge in [-0.25, -0.2) is 4.79 Å². The minimum Gasteiger partial charge on any atom is -0.459 e. The van der Waals surface area contributed by atoms with Gasteiger partial charge in [0.2, 0.25) is 0 Å². The largest absolute Gasteiger partial charge is 0.459 e. The van der Waals surface area contributed by atoms with Crippen molar-refractivity contribution < 1.29 is 14.3 Å². The minimum absolute atomic E-state index is 0.0188. The molecule has 2 fully saturated rings. The van der Waals surface area contributed by atoms with Gasteiger partial charge in [-0.05, 0) is 77.0 Å². The highest BCUT2D eigenvalue weighted by Gasteiger charge is 2.44. The van der Waals surface area contributed by atoms with E-state index >= 15 is 0 Å². The number of esters is 1. The maximum atomic E-state index is 13.4. The Morgan fingerprint density at radius 2 is 1.69 bits per heavy atom. The van der Waals surface area contributed by atoms with Gasteiger partial charge in [0.15, 0.2) is 0 Å². The number of nitrogens with zero attached hydrogens (tertiary/aromatic N) is 2. The SMILES string of the molecule is CCN(CC)c1ccc([C@@H]2C(C(=O)OC3CCCCC3)=C(C)N=C3CCCC(=O)C32)cc1. The Labute approximate surface area is 191 Å². The number of ketones is 1. The number of carbonyl (C=O) groups excluding carboxylic acids is 2. The molecular formula is C27H36N2O3. The van der Waals surface area contributed by atoms with Gasteiger partial charge in [-0.2, -0.15) is 0 Å². The molecule has 0 spiro atoms. The van der Waals surface area contributed by atoms with Gasteiger partial charge < -0.3 is 9.64 Å². The van der Waals surface area contributed by atoms with Crippen LogP contribution in [0.1, 0.15) is 83.6 Å². The zero-order chi connectivity index (χ0) is 22.7. The van der Waals surface area contributed by atoms with E-state index in [1.807, 2.05) is 6.92 Å². The smallest absolute Gasteiger partial charge is 0.336 e. The lowest BCUT2D eigenvalue weighted by Gasteiger charge is -2.36. The second-order valence-electron chi connectivity index (χ2n) is 9.31. The average molecular weight is 437 g/mol. The molecule has 172 valence electrons. The standard InChI is InChI=1S/C27H36N2O3/c1-4-29(5-2)20-16-14-19(15-17-20)25-24(27(31)32-21-10-7-6-8-11-21)18(3)28-22-12-9-13-23(30)26(22)25/h14-17,21,25-26H,4-13H2,1-3H3/t25-,26?/m1/s1. The van der Waals surface area contributed by atoms with Gasteiger partial charge in [-0.15, -0.1) is 0 Å². The van der Waals surface area contributed by atoms with E-state index in [4.69, 9.17) is 9.73 Å². The van der Waals surface area contributed by atoms with Crippen LogP contribution < -0.4 is 4.90 Å². The summed E-state index contributed by atoms with van der Waals surface area (Å²) in [5.74, 6) is -0.741. The molecule has 1 heterocycles. The first-order valence-corrected chi connectivity index (χ1v) is 12.4. The van der Waals surface area contributed by atoms with Crippen LogP contribution in [0.3, 0.4) is 0 Å². The van der Waals surface area contributed by atoms with Crippen molar-refractivity contribution in [3.8, 4) is 0 Å². The lowest BCUT2D eigenvalue weighted by molar-refractivity contribution is -0.146. The van der Waals surface area contributed by atoms with Crippen LogP contribution in [-0.4, -0.2) is 36.7 Å². The summed E-state index contributed by atoms with van der Waals surface area (Å²) in [4.78, 5) is 33.6. The van der Waals surface area contributed by atoms with Gasteiger partial charge in [-0.3, -0.25) is 9.79 Å². The first kappa shape index (κ1) is 22.8. The Morgan fingerprint density at radius 1 is 1.00 bits per heavy atom. The van der Waals surface area contributed by atoms with Crippen molar-refractivity contribution >= 4 is 23.2 Å². The highest BCUT2D eigenvalue weighted by molar-refractivity contribution is 6.11. The summed E-state index contributed by atoms with van der Waals surface area (Å²) in [6.07, 6.45) is 7.49. The maximum absolute atomic E-state index is 13.4. The van der Waals surface area contributed by atoms with Gasteiger partial charge in [-0.1, -0.05) is 18.6 Å². The van der Waals surface area contributed by atoms with Gasteiger partial charge in [0.25, 0.3) is 0 Å². The number of fused-ring (bicyclic) bond motifs is 1. The predicted octanol–water partition coefficient (Wildman–Crippen LogP) is 5.59. The predicted molar refractivity (Wildman–Crippen MR) is 128 cm³/mol. The summed E-state index contributed by atoms with van der Waals surface area (Å²) in [5, 5.41) is 0. The van der Waals surface area contributed by atoms with E-state index in [1.165, 1.54) is 6.42 Å². The Bertz CT molecular complexity index is 905. The fourth-order valence-electron chi connectivity index (χ4n) is 5.62. The number of hydrogen-bond acceptors (Lipinski definition) is 5. The van der Waals surface area contributed by atoms with Crippen molar-refractivity contribution in [1.29, 1.82) is 0 Å². The third-order valence-electron chi connectivity index (χ3n) is 7.33. The molecule has 1 unspecified atom stereocenters. The highest BCUT2D eigenvalue weighted by Crippen LogP contribution is 2.43. The molecule has 0 amide bonds. The quantitative estimate of drug-likeness (QED) is 0.546. The normalized spacial score (nSPS) is 24.1. The molecule has 1 aromatic carbocycles. The number of carbonyl (C=O) groups is 2. The summed E-state index contributed by atoms with van der Waals surface area (Å²) in [5.41, 5.74) is 4.39. The lowest BCUT2D eigenvalue weighted by atomic mass is 9.69. The fraction of sp³-hybridized carbons (Fsp3) is 0.593. The molecule has 0 saturated heterocycles. The van der Waals surface area contributed by atoms with E-state index in [1.54, 1.807) is 0 Å². The van der Waals surface area contributed by atoms with Crippen LogP contribution >= 0.6 is 0 Å². The second-order valence-corrected chi connectivity index (χ2v) is 9.31. The van der Waals surface area contributed by atoms with Crippen LogP contribution in [0.5, 0.6) is 0 Å². The maximum Gasteiger partial charge on any atom is 0.336 e. The molecule has 2 saturated carbocycles. The third kappa shape index (κ3) is 4.53. The van der Waals surface area contributed by atoms with Crippen molar-refractivity contribution in [2.75, 3.05) is 18.0 Å². The van der Waals surface area contributed by atoms with Gasteiger partial charge in [0.1, 0.15) is 11.9 Å². The van der Waals surface area contributed by atoms with E-state index in [9.17, 15) is 9.59 Å². The topological polar surface area (TPSA) is 59.0 Å². The van der Waals surface area contributed by atoms with E-state index in [-0.39, 0.29) is 29.7 Å². The Hall–Kier alpha value is -2.43. The zero-order valence-electron chi connectivity index (χ0n) is 19.7. The van der Waals surface area contributed by atoms with E-state index in [0.29, 0.717) is 17.7 Å². The third-order valence-corrected chi connectivity index (χ3v) is 7.33. The molecule has 4 rings (SSSR count). The number of rotatable bonds is 6. The van der Waals surface area contributed by atoms with E-state index < -0.39 is 0 Å². The van der Waals surface area contributed by atoms with E-state index in [2.05, 4.69) is 43.0 Å². The zero-order valence-corrected chi connectivity index (χ0v) is 19.7. The summed E-state index contributed by atoms with van der Waals surface area (Å²) in [6.45, 7) is 8.07. The first-order chi connectivity index (χ1) is 15.5. The number of benzene rings is 1. The molecule has 32 heavy (non-hydrogen) atoms. The van der Waals surface area contributed by atoms with Crippen molar-refractivity contribution in [2.45, 2.75) is 84.2 Å². The van der Waals surface area contributed by atoms with Crippen molar-refractivity contribution in [3.05, 3.63) is 41.1 Å². The Balaban J connectivity index is 1.70. The van der Waals surface area contributed by atoms with Crippen LogP contribution in [-0.2, 0) is 14.3 Å². The Kier molecular flexibility index (Phi) is 7.12. The van der Waals surface area contributed by atoms with Crippen LogP contribution in [0.2, 0.25) is 0 Å². The van der Waals surface area contributed by atoms with E-state index in [0.717, 1.165) is 68.6 Å². The number of allylic oxidation sites excluding steroid dienone is 1. The lowest BCUT2D eigenvalue weighted by Crippen LogP contribution is -2.39. The number of hydrogen-bond donors (Lipinski definition) is 0. The summed E-state index contributed by atoms with van der Waals surface area (Å²) in [7, 11) is 0. The monoisotopic (exact) mass is 436 g/mol. The molecule has 0 aromatic heterocycles. The number of ether oxygens (including phenoxy) is 1. The number of Topliss-reactive ketones (excluding diaryl/α,β-unsaturated/α-hetero) is 1. The van der Waals surface area contributed by atoms with Crippen molar-refractivity contribution in [3.63, 3.8) is 0 Å². The molecule has 2 atom stereocenters. The molecule has 5 heteroatoms. The van der Waals surface area contributed by atoms with Gasteiger partial charge in [0.05, 0.1) is 11.5 Å². The number of anilines is 1. The average Bonchev–Trinajstić information content (AvgIpc) is 2.80. The summed E-state index contributed by atoms with van der Waals surface area (Å²) >= 11 is 0. The molecule has 0 N–H and O–H groups in total. The molecule has 0 bridgehead atoms. The molecule has 0 radical (unpaired) electrons. The van der Waals surface area contributed by atoms with Gasteiger partial charge in [0, 0.05) is 42.5 Å². The molecular weight excluding hydrogens is 400 g/mol. The molecule has 1 aliphatic heterocycles. The van der Waals surface area contributed by atoms with Gasteiger partial charge >= 0.3 is 5.97 Å². The molecule has 3 aliphatic rings. The molecule has 5 nitrogen and oxygen atoms in total. The van der Waals surface area contributed by atoms with Crippen LogP contribution in [0, 0.1) is 5.92 Å². The minimum atomic E-state index is -0.347. The first-order valence-electron chi connectivity index (χ1n) is 12.4. The van der Waals surface area contributed by atoms with Crippen LogP contribution in [0.25, 0.3) is 0 Å². The highest BCUT2D eigenvalue weighted by atomic mass is 16.5. The molecule has 2 aliphatic carbocycles. The van der Waals surface area contributed by atoms with Crippen molar-refractivity contribution in [2.24, 2.45) is 10.9 Å². The Morgan fingerprint density at radius 3 is 2.34 bits per heavy atom. The van der Waals surface area contributed by atoms with Crippen LogP contribution in [0.15, 0.2) is 40.5 Å². The summed E-state index contributed by atoms with van der Waals surface area (Å²) < 4.78 is 5.98. The van der Waals surface area contributed by atoms with Crippen molar-refractivity contribution in [1.82, 2.24) is 0 Å². The fourth-order valence-corrected chi connectivity index (χ4v) is 5.62. The van der Waals surface area contributed by atoms with Crippen LogP contribution in [0.4, 0.5) is 5.69 Å². The second kappa shape index (κ2) is 10.0. The summed E-state index contributed by atoms with van der Waals surface area (Å²) in [6, 6.07) is 8.40.